The number of carbonyl (C=O) groups is 3. The average molecular weight is 450 g/mol. The molecule has 3 rings (SSSR count). The van der Waals surface area contributed by atoms with Crippen LogP contribution in [-0.4, -0.2) is 61.3 Å². The minimum Gasteiger partial charge on any atom is -0.334 e. The van der Waals surface area contributed by atoms with E-state index in [1.807, 2.05) is 6.92 Å². The molecule has 172 valence electrons. The second-order valence-corrected chi connectivity index (χ2v) is 7.91. The highest BCUT2D eigenvalue weighted by molar-refractivity contribution is 6.39. The van der Waals surface area contributed by atoms with Gasteiger partial charge in [-0.2, -0.15) is 4.39 Å². The molecule has 1 aliphatic rings. The number of rotatable bonds is 7. The average Bonchev–Trinajstić information content (AvgIpc) is 3.39. The van der Waals surface area contributed by atoms with Gasteiger partial charge in [0, 0.05) is 32.8 Å². The third-order valence-electron chi connectivity index (χ3n) is 5.23. The van der Waals surface area contributed by atoms with Crippen molar-refractivity contribution in [1.29, 1.82) is 0 Å². The Morgan fingerprint density at radius 3 is 2.72 bits per heavy atom. The summed E-state index contributed by atoms with van der Waals surface area (Å²) in [6.07, 6.45) is 1.79. The second-order valence-electron chi connectivity index (χ2n) is 7.91. The molecule has 3 heterocycles. The molecule has 10 nitrogen and oxygen atoms in total. The number of alkyl halides is 1. The first-order chi connectivity index (χ1) is 15.2. The van der Waals surface area contributed by atoms with Crippen LogP contribution in [0.25, 0.3) is 0 Å². The molecular weight excluding hydrogens is 426 g/mol. The van der Waals surface area contributed by atoms with E-state index in [1.54, 1.807) is 0 Å². The molecule has 2 aromatic heterocycles. The van der Waals surface area contributed by atoms with Gasteiger partial charge in [0.05, 0.1) is 18.4 Å². The fraction of sp³-hybridized carbons (Fsp3) is 0.500. The quantitative estimate of drug-likeness (QED) is 0.497. The monoisotopic (exact) mass is 450 g/mol. The number of hydrogen-bond acceptors (Lipinski definition) is 6. The van der Waals surface area contributed by atoms with Gasteiger partial charge in [-0.25, -0.2) is 9.07 Å². The molecular formula is C20H24F2N6O4. The van der Waals surface area contributed by atoms with Crippen molar-refractivity contribution in [3.8, 4) is 0 Å². The van der Waals surface area contributed by atoms with Crippen molar-refractivity contribution in [3.05, 3.63) is 40.3 Å². The first-order valence-corrected chi connectivity index (χ1v) is 10.2. The Morgan fingerprint density at radius 1 is 1.34 bits per heavy atom. The molecule has 0 aromatic carbocycles. The molecule has 1 unspecified atom stereocenters. The van der Waals surface area contributed by atoms with E-state index in [-0.39, 0.29) is 36.9 Å². The summed E-state index contributed by atoms with van der Waals surface area (Å²) in [7, 11) is 0. The second kappa shape index (κ2) is 9.79. The number of aryl methyl sites for hydroxylation is 1. The Kier molecular flexibility index (Phi) is 7.11. The van der Waals surface area contributed by atoms with Crippen molar-refractivity contribution in [2.45, 2.75) is 46.0 Å². The largest absolute Gasteiger partial charge is 0.334 e. The van der Waals surface area contributed by atoms with Gasteiger partial charge in [0.15, 0.2) is 5.78 Å². The molecule has 0 radical (unpaired) electrons. The van der Waals surface area contributed by atoms with Crippen molar-refractivity contribution in [2.24, 2.45) is 5.92 Å². The summed E-state index contributed by atoms with van der Waals surface area (Å²) in [5.41, 5.74) is -1.34. The van der Waals surface area contributed by atoms with Crippen molar-refractivity contribution >= 4 is 23.3 Å². The van der Waals surface area contributed by atoms with Crippen LogP contribution in [0.15, 0.2) is 23.3 Å². The fourth-order valence-electron chi connectivity index (χ4n) is 3.38. The zero-order chi connectivity index (χ0) is 23.4. The zero-order valence-corrected chi connectivity index (χ0v) is 17.8. The van der Waals surface area contributed by atoms with Gasteiger partial charge < -0.3 is 14.8 Å². The number of anilines is 1. The van der Waals surface area contributed by atoms with Crippen molar-refractivity contribution < 1.29 is 23.2 Å². The van der Waals surface area contributed by atoms with E-state index in [1.165, 1.54) is 28.9 Å². The van der Waals surface area contributed by atoms with Crippen LogP contribution in [0.2, 0.25) is 0 Å². The van der Waals surface area contributed by atoms with E-state index in [0.717, 1.165) is 17.1 Å². The molecule has 0 spiro atoms. The molecule has 1 fully saturated rings. The smallest absolute Gasteiger partial charge is 0.313 e. The number of nitrogens with zero attached hydrogens (tertiary/aromatic N) is 5. The summed E-state index contributed by atoms with van der Waals surface area (Å²) in [5, 5.41) is 9.41. The molecule has 1 saturated heterocycles. The van der Waals surface area contributed by atoms with E-state index < -0.39 is 35.0 Å². The number of amides is 2. The predicted molar refractivity (Wildman–Crippen MR) is 109 cm³/mol. The van der Waals surface area contributed by atoms with Crippen LogP contribution in [0.5, 0.6) is 0 Å². The molecule has 2 atom stereocenters. The molecule has 2 aromatic rings. The van der Waals surface area contributed by atoms with Gasteiger partial charge in [-0.15, -0.1) is 5.10 Å². The number of Topliss-reactive ketones (excluding diaryl/α,β-unsaturated/α-hetero) is 1. The lowest BCUT2D eigenvalue weighted by Gasteiger charge is -2.16. The topological polar surface area (TPSA) is 119 Å². The molecule has 0 saturated carbocycles. The summed E-state index contributed by atoms with van der Waals surface area (Å²) >= 11 is 0. The number of carbonyl (C=O) groups excluding carboxylic acids is 3. The lowest BCUT2D eigenvalue weighted by molar-refractivity contribution is -0.142. The third kappa shape index (κ3) is 5.42. The summed E-state index contributed by atoms with van der Waals surface area (Å²) < 4.78 is 30.9. The van der Waals surface area contributed by atoms with Gasteiger partial charge in [-0.05, 0) is 24.8 Å². The van der Waals surface area contributed by atoms with Crippen LogP contribution in [0.4, 0.5) is 14.5 Å². The molecule has 1 aliphatic heterocycles. The zero-order valence-electron chi connectivity index (χ0n) is 17.8. The predicted octanol–water partition coefficient (Wildman–Crippen LogP) is 1.02. The Hall–Kier alpha value is -3.44. The lowest BCUT2D eigenvalue weighted by atomic mass is 10.2. The molecule has 0 bridgehead atoms. The highest BCUT2D eigenvalue weighted by Crippen LogP contribution is 2.16. The number of nitrogens with one attached hydrogen (secondary N) is 1. The van der Waals surface area contributed by atoms with Crippen molar-refractivity contribution in [3.63, 3.8) is 0 Å². The van der Waals surface area contributed by atoms with Crippen LogP contribution in [0.3, 0.4) is 0 Å². The van der Waals surface area contributed by atoms with Gasteiger partial charge in [-0.1, -0.05) is 12.1 Å². The summed E-state index contributed by atoms with van der Waals surface area (Å²) in [4.78, 5) is 49.1. The van der Waals surface area contributed by atoms with Crippen LogP contribution in [0, 0.1) is 11.7 Å². The minimum atomic E-state index is -1.42. The van der Waals surface area contributed by atoms with Gasteiger partial charge >= 0.3 is 11.8 Å². The van der Waals surface area contributed by atoms with E-state index in [0.29, 0.717) is 13.1 Å². The van der Waals surface area contributed by atoms with Crippen LogP contribution < -0.4 is 10.9 Å². The summed E-state index contributed by atoms with van der Waals surface area (Å²) in [5.74, 6) is -3.04. The molecule has 0 aliphatic carbocycles. The number of aromatic nitrogens is 4. The van der Waals surface area contributed by atoms with E-state index >= 15 is 0 Å². The van der Waals surface area contributed by atoms with Crippen LogP contribution >= 0.6 is 0 Å². The van der Waals surface area contributed by atoms with E-state index in [2.05, 4.69) is 15.6 Å². The summed E-state index contributed by atoms with van der Waals surface area (Å²) in [6, 6.07) is 1.15. The Labute approximate surface area is 182 Å². The number of halogens is 2. The first kappa shape index (κ1) is 23.2. The van der Waals surface area contributed by atoms with Gasteiger partial charge in [0.25, 0.3) is 5.56 Å². The van der Waals surface area contributed by atoms with Crippen LogP contribution in [0.1, 0.15) is 37.2 Å². The van der Waals surface area contributed by atoms with E-state index in [4.69, 9.17) is 0 Å². The van der Waals surface area contributed by atoms with Crippen molar-refractivity contribution in [2.75, 3.05) is 18.4 Å². The highest BCUT2D eigenvalue weighted by atomic mass is 19.1. The maximum Gasteiger partial charge on any atom is 0.313 e. The maximum atomic E-state index is 14.5. The molecule has 1 N–H and O–H groups in total. The minimum absolute atomic E-state index is 0.117. The number of likely N-dealkylation sites (tertiary alicyclic amines) is 1. The molecule has 2 amide bonds. The number of hydrogen-bond donors (Lipinski definition) is 1. The van der Waals surface area contributed by atoms with Crippen molar-refractivity contribution in [1.82, 2.24) is 24.5 Å². The van der Waals surface area contributed by atoms with Gasteiger partial charge in [-0.3, -0.25) is 19.2 Å². The lowest BCUT2D eigenvalue weighted by Crippen LogP contribution is -2.38. The normalized spacial score (nSPS) is 16.8. The number of ketones is 1. The van der Waals surface area contributed by atoms with Gasteiger partial charge in [0.2, 0.25) is 5.82 Å². The fourth-order valence-corrected chi connectivity index (χ4v) is 3.38. The Balaban J connectivity index is 1.57. The highest BCUT2D eigenvalue weighted by Gasteiger charge is 2.28. The van der Waals surface area contributed by atoms with Gasteiger partial charge in [0.1, 0.15) is 11.9 Å². The Morgan fingerprint density at radius 2 is 2.09 bits per heavy atom. The maximum absolute atomic E-state index is 14.5. The standard InChI is InChI=1S/C20H24F2N6O4/c1-12-3-6-27(9-12)20(32)18(30)23-15-5-8-26(19(31)17(15)22)7-4-14(21)10-28-11-16(13(2)29)24-25-28/h5,8,11-12,14H,3-4,6-7,9-10H2,1-2H3,(H,23,30)/t12-,14?/m0/s1. The third-order valence-corrected chi connectivity index (χ3v) is 5.23. The summed E-state index contributed by atoms with van der Waals surface area (Å²) in [6.45, 7) is 3.88. The first-order valence-electron chi connectivity index (χ1n) is 10.2. The Bertz CT molecular complexity index is 1080. The SMILES string of the molecule is CC(=O)c1cn(CC(F)CCn2ccc(NC(=O)C(=O)N3CC[C@H](C)C3)c(F)c2=O)nn1. The van der Waals surface area contributed by atoms with Crippen LogP contribution in [-0.2, 0) is 22.7 Å². The van der Waals surface area contributed by atoms with E-state index in [9.17, 15) is 28.0 Å². The number of pyridine rings is 1. The molecule has 32 heavy (non-hydrogen) atoms. The molecule has 12 heteroatoms.